The number of hydrogen-bond donors (Lipinski definition) is 2. The highest BCUT2D eigenvalue weighted by atomic mass is 127. The molecule has 7 heteroatoms. The highest BCUT2D eigenvalue weighted by molar-refractivity contribution is 14.0. The zero-order chi connectivity index (χ0) is 21.7. The second kappa shape index (κ2) is 11.2. The summed E-state index contributed by atoms with van der Waals surface area (Å²) in [6, 6.07) is 17.4. The van der Waals surface area contributed by atoms with Gasteiger partial charge in [-0.1, -0.05) is 50.2 Å². The lowest BCUT2D eigenvalue weighted by Gasteiger charge is -2.34. The fourth-order valence-corrected chi connectivity index (χ4v) is 4.19. The van der Waals surface area contributed by atoms with Crippen molar-refractivity contribution in [2.75, 3.05) is 33.5 Å². The summed E-state index contributed by atoms with van der Waals surface area (Å²) in [5, 5.41) is 7.15. The molecule has 0 aliphatic carbocycles. The van der Waals surface area contributed by atoms with E-state index in [9.17, 15) is 0 Å². The van der Waals surface area contributed by atoms with Gasteiger partial charge in [0.15, 0.2) is 17.5 Å². The Morgan fingerprint density at radius 1 is 1.06 bits per heavy atom. The van der Waals surface area contributed by atoms with Crippen molar-refractivity contribution in [3.05, 3.63) is 59.7 Å². The van der Waals surface area contributed by atoms with E-state index < -0.39 is 0 Å². The number of piperidine rings is 1. The van der Waals surface area contributed by atoms with Gasteiger partial charge in [-0.15, -0.1) is 24.0 Å². The molecule has 0 bridgehead atoms. The number of nitrogens with one attached hydrogen (secondary N) is 2. The largest absolute Gasteiger partial charge is 0.454 e. The molecule has 0 aromatic heterocycles. The normalized spacial score (nSPS) is 17.0. The van der Waals surface area contributed by atoms with Crippen LogP contribution in [0.15, 0.2) is 53.5 Å². The van der Waals surface area contributed by atoms with Crippen molar-refractivity contribution in [2.24, 2.45) is 4.99 Å². The van der Waals surface area contributed by atoms with Gasteiger partial charge in [0.1, 0.15) is 0 Å². The van der Waals surface area contributed by atoms with Crippen molar-refractivity contribution < 1.29 is 9.47 Å². The first-order valence-corrected chi connectivity index (χ1v) is 11.2. The zero-order valence-electron chi connectivity index (χ0n) is 19.3. The number of nitrogens with zero attached hydrogens (tertiary/aromatic N) is 2. The molecule has 2 aliphatic rings. The van der Waals surface area contributed by atoms with Gasteiger partial charge < -0.3 is 20.1 Å². The topological polar surface area (TPSA) is 58.1 Å². The fourth-order valence-electron chi connectivity index (χ4n) is 4.19. The van der Waals surface area contributed by atoms with E-state index in [4.69, 9.17) is 9.47 Å². The minimum absolute atomic E-state index is 0. The van der Waals surface area contributed by atoms with Crippen LogP contribution in [0.5, 0.6) is 11.5 Å². The summed E-state index contributed by atoms with van der Waals surface area (Å²) in [6.45, 7) is 8.78. The molecule has 1 saturated heterocycles. The molecule has 174 valence electrons. The summed E-state index contributed by atoms with van der Waals surface area (Å²) in [7, 11) is 1.84. The van der Waals surface area contributed by atoms with Crippen molar-refractivity contribution in [1.29, 1.82) is 0 Å². The van der Waals surface area contributed by atoms with Crippen LogP contribution >= 0.6 is 24.0 Å². The van der Waals surface area contributed by atoms with E-state index in [0.29, 0.717) is 12.8 Å². The second-order valence-electron chi connectivity index (χ2n) is 9.06. The first kappa shape index (κ1) is 24.6. The Kier molecular flexibility index (Phi) is 8.64. The van der Waals surface area contributed by atoms with Crippen LogP contribution in [0.4, 0.5) is 0 Å². The third-order valence-electron chi connectivity index (χ3n) is 6.25. The third-order valence-corrected chi connectivity index (χ3v) is 6.25. The average Bonchev–Trinajstić information content (AvgIpc) is 3.26. The molecule has 0 spiro atoms. The van der Waals surface area contributed by atoms with E-state index in [2.05, 4.69) is 76.8 Å². The Bertz CT molecular complexity index is 896. The van der Waals surface area contributed by atoms with E-state index in [-0.39, 0.29) is 29.4 Å². The van der Waals surface area contributed by atoms with Crippen LogP contribution in [-0.2, 0) is 12.0 Å². The predicted octanol–water partition coefficient (Wildman–Crippen LogP) is 4.14. The molecule has 0 atom stereocenters. The van der Waals surface area contributed by atoms with Crippen LogP contribution in [0, 0.1) is 0 Å². The molecule has 2 aromatic rings. The van der Waals surface area contributed by atoms with Gasteiger partial charge in [-0.2, -0.15) is 0 Å². The molecule has 0 radical (unpaired) electrons. The number of guanidine groups is 1. The van der Waals surface area contributed by atoms with E-state index in [0.717, 1.165) is 56.5 Å². The number of fused-ring (bicyclic) bond motifs is 1. The van der Waals surface area contributed by atoms with Gasteiger partial charge in [0.05, 0.1) is 0 Å². The van der Waals surface area contributed by atoms with E-state index in [1.54, 1.807) is 0 Å². The molecule has 4 rings (SSSR count). The van der Waals surface area contributed by atoms with Crippen molar-refractivity contribution in [2.45, 2.75) is 44.7 Å². The average molecular weight is 550 g/mol. The van der Waals surface area contributed by atoms with Crippen molar-refractivity contribution >= 4 is 29.9 Å². The molecule has 2 N–H and O–H groups in total. The number of hydrogen-bond acceptors (Lipinski definition) is 4. The number of benzene rings is 2. The maximum atomic E-state index is 5.54. The summed E-state index contributed by atoms with van der Waals surface area (Å²) in [5.74, 6) is 2.52. The van der Waals surface area contributed by atoms with Gasteiger partial charge in [-0.25, -0.2) is 0 Å². The second-order valence-corrected chi connectivity index (χ2v) is 9.06. The number of rotatable bonds is 6. The minimum atomic E-state index is -0.0718. The monoisotopic (exact) mass is 550 g/mol. The van der Waals surface area contributed by atoms with Gasteiger partial charge >= 0.3 is 0 Å². The Morgan fingerprint density at radius 3 is 2.50 bits per heavy atom. The molecular weight excluding hydrogens is 515 g/mol. The van der Waals surface area contributed by atoms with Gasteiger partial charge in [-0.05, 0) is 36.1 Å². The molecule has 6 nitrogen and oxygen atoms in total. The first-order chi connectivity index (χ1) is 15.0. The Hall–Kier alpha value is -2.00. The maximum absolute atomic E-state index is 5.54. The molecule has 2 aromatic carbocycles. The number of likely N-dealkylation sites (tertiary alicyclic amines) is 1. The van der Waals surface area contributed by atoms with Crippen LogP contribution in [0.2, 0.25) is 0 Å². The predicted molar refractivity (Wildman–Crippen MR) is 140 cm³/mol. The van der Waals surface area contributed by atoms with Crippen LogP contribution in [0.1, 0.15) is 37.8 Å². The Morgan fingerprint density at radius 2 is 1.78 bits per heavy atom. The zero-order valence-corrected chi connectivity index (χ0v) is 21.6. The highest BCUT2D eigenvalue weighted by Gasteiger charge is 2.25. The summed E-state index contributed by atoms with van der Waals surface area (Å²) >= 11 is 0. The summed E-state index contributed by atoms with van der Waals surface area (Å²) in [4.78, 5) is 6.99. The number of aliphatic imine (C=N–C) groups is 1. The maximum Gasteiger partial charge on any atom is 0.231 e. The van der Waals surface area contributed by atoms with Gasteiger partial charge in [0.25, 0.3) is 0 Å². The van der Waals surface area contributed by atoms with Crippen LogP contribution < -0.4 is 20.1 Å². The highest BCUT2D eigenvalue weighted by Crippen LogP contribution is 2.36. The summed E-state index contributed by atoms with van der Waals surface area (Å²) in [5.41, 5.74) is 2.53. The van der Waals surface area contributed by atoms with Crippen LogP contribution in [0.3, 0.4) is 0 Å². The molecule has 0 saturated carbocycles. The Labute approximate surface area is 208 Å². The van der Waals surface area contributed by atoms with Crippen molar-refractivity contribution in [3.63, 3.8) is 0 Å². The Balaban J connectivity index is 0.00000289. The molecule has 0 amide bonds. The van der Waals surface area contributed by atoms with Gasteiger partial charge in [0, 0.05) is 44.7 Å². The number of ether oxygens (including phenoxy) is 2. The lowest BCUT2D eigenvalue weighted by Crippen LogP contribution is -2.50. The molecule has 32 heavy (non-hydrogen) atoms. The summed E-state index contributed by atoms with van der Waals surface area (Å²) < 4.78 is 11.0. The van der Waals surface area contributed by atoms with Crippen molar-refractivity contribution in [3.8, 4) is 11.5 Å². The molecule has 0 unspecified atom stereocenters. The standard InChI is InChI=1S/C25H34N4O2.HI/c1-25(2,20-9-10-22-23(15-20)31-18-30-22)17-27-24(26-3)28-21-11-13-29(14-12-21)16-19-7-5-4-6-8-19;/h4-10,15,21H,11-14,16-18H2,1-3H3,(H2,26,27,28);1H. The number of halogens is 1. The minimum Gasteiger partial charge on any atom is -0.454 e. The van der Waals surface area contributed by atoms with Crippen LogP contribution in [0.25, 0.3) is 0 Å². The fraction of sp³-hybridized carbons (Fsp3) is 0.480. The lowest BCUT2D eigenvalue weighted by atomic mass is 9.84. The van der Waals surface area contributed by atoms with Gasteiger partial charge in [-0.3, -0.25) is 9.89 Å². The van der Waals surface area contributed by atoms with E-state index in [1.807, 2.05) is 13.1 Å². The molecule has 1 fully saturated rings. The summed E-state index contributed by atoms with van der Waals surface area (Å²) in [6.07, 6.45) is 2.25. The van der Waals surface area contributed by atoms with Gasteiger partial charge in [0.2, 0.25) is 6.79 Å². The molecule has 2 aliphatic heterocycles. The molecular formula is C25H35IN4O2. The third kappa shape index (κ3) is 6.28. The quantitative estimate of drug-likeness (QED) is 0.322. The van der Waals surface area contributed by atoms with E-state index >= 15 is 0 Å². The smallest absolute Gasteiger partial charge is 0.231 e. The van der Waals surface area contributed by atoms with Crippen molar-refractivity contribution in [1.82, 2.24) is 15.5 Å². The van der Waals surface area contributed by atoms with Crippen LogP contribution in [-0.4, -0.2) is 50.4 Å². The lowest BCUT2D eigenvalue weighted by molar-refractivity contribution is 0.174. The van der Waals surface area contributed by atoms with E-state index in [1.165, 1.54) is 11.1 Å². The SMILES string of the molecule is CN=C(NCC(C)(C)c1ccc2c(c1)OCO2)NC1CCN(Cc2ccccc2)CC1.I. The first-order valence-electron chi connectivity index (χ1n) is 11.2. The molecule has 2 heterocycles.